The normalized spacial score (nSPS) is 12.6. The standard InChI is InChI=1S/C15H20N2S2/c1-3-12(16)9-13-10-19-15(17-13)11-5-7-14(8-6-11)18-4-2/h5-8,10,12H,3-4,9,16H2,1-2H3. The van der Waals surface area contributed by atoms with Crippen molar-refractivity contribution < 1.29 is 0 Å². The van der Waals surface area contributed by atoms with E-state index in [0.717, 1.165) is 29.3 Å². The van der Waals surface area contributed by atoms with E-state index in [4.69, 9.17) is 5.73 Å². The number of nitrogens with zero attached hydrogens (tertiary/aromatic N) is 1. The molecule has 2 aromatic rings. The highest BCUT2D eigenvalue weighted by Gasteiger charge is 2.07. The fourth-order valence-corrected chi connectivity index (χ4v) is 3.31. The van der Waals surface area contributed by atoms with Gasteiger partial charge in [-0.2, -0.15) is 0 Å². The van der Waals surface area contributed by atoms with E-state index in [0.29, 0.717) is 0 Å². The molecule has 0 spiro atoms. The summed E-state index contributed by atoms with van der Waals surface area (Å²) in [4.78, 5) is 5.99. The zero-order valence-corrected chi connectivity index (χ0v) is 13.1. The molecule has 0 aliphatic rings. The van der Waals surface area contributed by atoms with Crippen LogP contribution in [0.15, 0.2) is 34.5 Å². The minimum atomic E-state index is 0.221. The summed E-state index contributed by atoms with van der Waals surface area (Å²) in [5, 5.41) is 3.21. The molecule has 2 rings (SSSR count). The van der Waals surface area contributed by atoms with E-state index in [2.05, 4.69) is 48.5 Å². The molecule has 0 bridgehead atoms. The van der Waals surface area contributed by atoms with Crippen molar-refractivity contribution in [3.05, 3.63) is 35.3 Å². The Balaban J connectivity index is 2.09. The Labute approximate surface area is 123 Å². The topological polar surface area (TPSA) is 38.9 Å². The third-order valence-electron chi connectivity index (χ3n) is 2.96. The first-order valence-corrected chi connectivity index (χ1v) is 8.52. The summed E-state index contributed by atoms with van der Waals surface area (Å²) in [6.07, 6.45) is 1.87. The van der Waals surface area contributed by atoms with Gasteiger partial charge in [0.15, 0.2) is 0 Å². The van der Waals surface area contributed by atoms with E-state index in [9.17, 15) is 0 Å². The van der Waals surface area contributed by atoms with Crippen LogP contribution in [0.25, 0.3) is 10.6 Å². The number of thioether (sulfide) groups is 1. The maximum absolute atomic E-state index is 5.97. The monoisotopic (exact) mass is 292 g/mol. The molecule has 0 saturated heterocycles. The highest BCUT2D eigenvalue weighted by atomic mass is 32.2. The molecule has 2 N–H and O–H groups in total. The SMILES string of the molecule is CCSc1ccc(-c2nc(CC(N)CC)cs2)cc1. The minimum Gasteiger partial charge on any atom is -0.327 e. The average molecular weight is 292 g/mol. The molecule has 19 heavy (non-hydrogen) atoms. The van der Waals surface area contributed by atoms with Gasteiger partial charge in [0.2, 0.25) is 0 Å². The number of nitrogens with two attached hydrogens (primary N) is 1. The molecule has 0 amide bonds. The number of hydrogen-bond donors (Lipinski definition) is 1. The van der Waals surface area contributed by atoms with Crippen molar-refractivity contribution in [2.45, 2.75) is 37.6 Å². The van der Waals surface area contributed by atoms with Crippen molar-refractivity contribution in [1.29, 1.82) is 0 Å². The molecule has 0 aliphatic heterocycles. The number of rotatable bonds is 6. The van der Waals surface area contributed by atoms with Crippen LogP contribution < -0.4 is 5.73 Å². The van der Waals surface area contributed by atoms with Crippen molar-refractivity contribution in [1.82, 2.24) is 4.98 Å². The number of aromatic nitrogens is 1. The van der Waals surface area contributed by atoms with E-state index in [1.807, 2.05) is 11.8 Å². The molecule has 0 aliphatic carbocycles. The third-order valence-corrected chi connectivity index (χ3v) is 4.79. The lowest BCUT2D eigenvalue weighted by Gasteiger charge is -2.04. The van der Waals surface area contributed by atoms with Gasteiger partial charge in [-0.15, -0.1) is 23.1 Å². The highest BCUT2D eigenvalue weighted by molar-refractivity contribution is 7.99. The van der Waals surface area contributed by atoms with Crippen LogP contribution in [0.2, 0.25) is 0 Å². The average Bonchev–Trinajstić information content (AvgIpc) is 2.88. The molecule has 1 aromatic carbocycles. The number of benzene rings is 1. The lowest BCUT2D eigenvalue weighted by molar-refractivity contribution is 0.639. The molecule has 0 radical (unpaired) electrons. The number of thiazole rings is 1. The molecule has 4 heteroatoms. The Morgan fingerprint density at radius 3 is 2.63 bits per heavy atom. The maximum atomic E-state index is 5.97. The quantitative estimate of drug-likeness (QED) is 0.811. The van der Waals surface area contributed by atoms with Gasteiger partial charge in [-0.1, -0.05) is 26.0 Å². The lowest BCUT2D eigenvalue weighted by Crippen LogP contribution is -2.21. The number of hydrogen-bond acceptors (Lipinski definition) is 4. The van der Waals surface area contributed by atoms with Gasteiger partial charge in [0.25, 0.3) is 0 Å². The highest BCUT2D eigenvalue weighted by Crippen LogP contribution is 2.27. The molecule has 1 aromatic heterocycles. The van der Waals surface area contributed by atoms with Crippen molar-refractivity contribution in [2.75, 3.05) is 5.75 Å². The van der Waals surface area contributed by atoms with Gasteiger partial charge in [-0.05, 0) is 24.3 Å². The van der Waals surface area contributed by atoms with Crippen molar-refractivity contribution in [3.63, 3.8) is 0 Å². The maximum Gasteiger partial charge on any atom is 0.123 e. The summed E-state index contributed by atoms with van der Waals surface area (Å²) < 4.78 is 0. The molecule has 0 saturated carbocycles. The molecule has 1 atom stereocenters. The fourth-order valence-electron chi connectivity index (χ4n) is 1.81. The summed E-state index contributed by atoms with van der Waals surface area (Å²) in [5.74, 6) is 1.11. The Bertz CT molecular complexity index is 505. The van der Waals surface area contributed by atoms with Crippen molar-refractivity contribution in [2.24, 2.45) is 5.73 Å². The van der Waals surface area contributed by atoms with Gasteiger partial charge in [-0.3, -0.25) is 0 Å². The minimum absolute atomic E-state index is 0.221. The second-order valence-electron chi connectivity index (χ2n) is 4.47. The largest absolute Gasteiger partial charge is 0.327 e. The zero-order valence-electron chi connectivity index (χ0n) is 11.4. The van der Waals surface area contributed by atoms with E-state index in [1.54, 1.807) is 11.3 Å². The summed E-state index contributed by atoms with van der Waals surface area (Å²) in [7, 11) is 0. The third kappa shape index (κ3) is 4.06. The molecule has 2 nitrogen and oxygen atoms in total. The molecule has 1 unspecified atom stereocenters. The molecular formula is C15H20N2S2. The predicted molar refractivity (Wildman–Crippen MR) is 85.9 cm³/mol. The van der Waals surface area contributed by atoms with Crippen LogP contribution in [0.4, 0.5) is 0 Å². The summed E-state index contributed by atoms with van der Waals surface area (Å²) in [6, 6.07) is 8.86. The molecular weight excluding hydrogens is 272 g/mol. The predicted octanol–water partition coefficient (Wildman–Crippen LogP) is 4.20. The molecule has 0 fully saturated rings. The van der Waals surface area contributed by atoms with Crippen LogP contribution in [0.3, 0.4) is 0 Å². The zero-order chi connectivity index (χ0) is 13.7. The van der Waals surface area contributed by atoms with Gasteiger partial charge in [0, 0.05) is 28.3 Å². The Morgan fingerprint density at radius 2 is 2.00 bits per heavy atom. The Hall–Kier alpha value is -0.840. The summed E-state index contributed by atoms with van der Waals surface area (Å²) >= 11 is 3.56. The van der Waals surface area contributed by atoms with Crippen molar-refractivity contribution >= 4 is 23.1 Å². The molecule has 1 heterocycles. The first-order valence-electron chi connectivity index (χ1n) is 6.66. The van der Waals surface area contributed by atoms with Crippen LogP contribution >= 0.6 is 23.1 Å². The second kappa shape index (κ2) is 7.08. The van der Waals surface area contributed by atoms with Crippen LogP contribution in [0.5, 0.6) is 0 Å². The van der Waals surface area contributed by atoms with Crippen LogP contribution in [-0.4, -0.2) is 16.8 Å². The lowest BCUT2D eigenvalue weighted by atomic mass is 10.1. The Morgan fingerprint density at radius 1 is 1.26 bits per heavy atom. The van der Waals surface area contributed by atoms with Gasteiger partial charge in [0.05, 0.1) is 5.69 Å². The van der Waals surface area contributed by atoms with Crippen LogP contribution in [0.1, 0.15) is 26.0 Å². The first-order chi connectivity index (χ1) is 9.22. The van der Waals surface area contributed by atoms with Crippen LogP contribution in [0, 0.1) is 0 Å². The smallest absolute Gasteiger partial charge is 0.123 e. The van der Waals surface area contributed by atoms with E-state index in [-0.39, 0.29) is 6.04 Å². The Kier molecular flexibility index (Phi) is 5.43. The van der Waals surface area contributed by atoms with Gasteiger partial charge in [-0.25, -0.2) is 4.98 Å². The van der Waals surface area contributed by atoms with E-state index < -0.39 is 0 Å². The summed E-state index contributed by atoms with van der Waals surface area (Å²) in [6.45, 7) is 4.28. The fraction of sp³-hybridized carbons (Fsp3) is 0.400. The van der Waals surface area contributed by atoms with Gasteiger partial charge >= 0.3 is 0 Å². The van der Waals surface area contributed by atoms with E-state index >= 15 is 0 Å². The van der Waals surface area contributed by atoms with Gasteiger partial charge < -0.3 is 5.73 Å². The van der Waals surface area contributed by atoms with E-state index in [1.165, 1.54) is 10.5 Å². The summed E-state index contributed by atoms with van der Waals surface area (Å²) in [5.41, 5.74) is 8.28. The first kappa shape index (κ1) is 14.6. The molecule has 102 valence electrons. The second-order valence-corrected chi connectivity index (χ2v) is 6.67. The van der Waals surface area contributed by atoms with Gasteiger partial charge in [0.1, 0.15) is 5.01 Å². The van der Waals surface area contributed by atoms with Crippen LogP contribution in [-0.2, 0) is 6.42 Å². The van der Waals surface area contributed by atoms with Crippen molar-refractivity contribution in [3.8, 4) is 10.6 Å².